The van der Waals surface area contributed by atoms with Crippen LogP contribution in [0.5, 0.6) is 0 Å². The molecule has 0 aliphatic carbocycles. The Morgan fingerprint density at radius 1 is 0.946 bits per heavy atom. The molecule has 0 saturated heterocycles. The molecule has 0 spiro atoms. The molecule has 6 rings (SSSR count). The van der Waals surface area contributed by atoms with Gasteiger partial charge >= 0.3 is 0 Å². The minimum atomic E-state index is -0.379. The number of hydrogen-bond donors (Lipinski definition) is 2. The number of benzene rings is 3. The average Bonchev–Trinajstić information content (AvgIpc) is 3.51. The molecule has 0 aliphatic rings. The summed E-state index contributed by atoms with van der Waals surface area (Å²) >= 11 is 1.40. The smallest absolute Gasteiger partial charge is 0.281 e. The standard InChI is InChI=1S/C28H21FN6OS/c1-17(18-7-3-2-4-8-18)31-27-30-16-15-22(32-27)25-24(19-11-13-20(29)14-12-19)26(36)35(34-25)28-33-21-9-5-6-10-23(21)37-28/h2-17,34H,1H3,(H,30,31,32). The second-order valence-electron chi connectivity index (χ2n) is 8.52. The summed E-state index contributed by atoms with van der Waals surface area (Å²) in [6.45, 7) is 2.03. The topological polar surface area (TPSA) is 88.5 Å². The van der Waals surface area contributed by atoms with Gasteiger partial charge in [-0.05, 0) is 48.4 Å². The fraction of sp³-hybridized carbons (Fsp3) is 0.0714. The summed E-state index contributed by atoms with van der Waals surface area (Å²) in [4.78, 5) is 27.4. The van der Waals surface area contributed by atoms with Crippen LogP contribution < -0.4 is 10.9 Å². The van der Waals surface area contributed by atoms with Crippen molar-refractivity contribution in [3.8, 4) is 27.6 Å². The Bertz CT molecular complexity index is 1720. The number of rotatable bonds is 6. The quantitative estimate of drug-likeness (QED) is 0.279. The lowest BCUT2D eigenvalue weighted by Gasteiger charge is -2.14. The van der Waals surface area contributed by atoms with Crippen LogP contribution in [-0.2, 0) is 0 Å². The highest BCUT2D eigenvalue weighted by Gasteiger charge is 2.22. The molecule has 0 radical (unpaired) electrons. The van der Waals surface area contributed by atoms with Gasteiger partial charge in [0.2, 0.25) is 11.1 Å². The largest absolute Gasteiger partial charge is 0.348 e. The molecule has 0 saturated carbocycles. The number of fused-ring (bicyclic) bond motifs is 1. The number of halogens is 1. The summed E-state index contributed by atoms with van der Waals surface area (Å²) in [6.07, 6.45) is 1.64. The second kappa shape index (κ2) is 9.44. The number of thiazole rings is 1. The summed E-state index contributed by atoms with van der Waals surface area (Å²) in [6, 6.07) is 25.3. The Morgan fingerprint density at radius 2 is 1.70 bits per heavy atom. The normalized spacial score (nSPS) is 12.1. The van der Waals surface area contributed by atoms with Gasteiger partial charge in [0.15, 0.2) is 0 Å². The summed E-state index contributed by atoms with van der Waals surface area (Å²) < 4.78 is 16.1. The van der Waals surface area contributed by atoms with Gasteiger partial charge in [0.05, 0.1) is 33.2 Å². The van der Waals surface area contributed by atoms with Crippen LogP contribution in [0.3, 0.4) is 0 Å². The van der Waals surface area contributed by atoms with Crippen molar-refractivity contribution >= 4 is 27.5 Å². The Kier molecular flexibility index (Phi) is 5.82. The van der Waals surface area contributed by atoms with Crippen molar-refractivity contribution in [2.45, 2.75) is 13.0 Å². The lowest BCUT2D eigenvalue weighted by atomic mass is 10.0. The first-order valence-corrected chi connectivity index (χ1v) is 12.5. The summed E-state index contributed by atoms with van der Waals surface area (Å²) in [7, 11) is 0. The van der Waals surface area contributed by atoms with Crippen LogP contribution in [0.25, 0.3) is 37.9 Å². The average molecular weight is 509 g/mol. The van der Waals surface area contributed by atoms with Crippen LogP contribution in [0.15, 0.2) is 95.9 Å². The lowest BCUT2D eigenvalue weighted by Crippen LogP contribution is -2.15. The van der Waals surface area contributed by atoms with Crippen molar-refractivity contribution in [2.75, 3.05) is 5.32 Å². The Balaban J connectivity index is 1.46. The molecule has 0 fully saturated rings. The van der Waals surface area contributed by atoms with Crippen molar-refractivity contribution in [3.05, 3.63) is 113 Å². The van der Waals surface area contributed by atoms with Gasteiger partial charge in [-0.2, -0.15) is 4.68 Å². The highest BCUT2D eigenvalue weighted by atomic mass is 32.1. The van der Waals surface area contributed by atoms with Gasteiger partial charge in [-0.25, -0.2) is 19.3 Å². The van der Waals surface area contributed by atoms with E-state index < -0.39 is 0 Å². The van der Waals surface area contributed by atoms with Crippen molar-refractivity contribution in [1.29, 1.82) is 0 Å². The molecule has 2 N–H and O–H groups in total. The number of aromatic amines is 1. The first kappa shape index (κ1) is 22.8. The van der Waals surface area contributed by atoms with E-state index in [2.05, 4.69) is 20.4 Å². The molecule has 1 atom stereocenters. The zero-order valence-electron chi connectivity index (χ0n) is 19.7. The van der Waals surface area contributed by atoms with Gasteiger partial charge in [-0.1, -0.05) is 65.9 Å². The van der Waals surface area contributed by atoms with Crippen LogP contribution in [0, 0.1) is 5.82 Å². The molecule has 6 aromatic rings. The third kappa shape index (κ3) is 4.41. The van der Waals surface area contributed by atoms with Crippen molar-refractivity contribution < 1.29 is 4.39 Å². The first-order chi connectivity index (χ1) is 18.1. The van der Waals surface area contributed by atoms with E-state index in [9.17, 15) is 9.18 Å². The van der Waals surface area contributed by atoms with E-state index in [0.29, 0.717) is 33.6 Å². The van der Waals surface area contributed by atoms with E-state index in [1.54, 1.807) is 24.4 Å². The number of para-hydroxylation sites is 1. The number of H-pyrrole nitrogens is 1. The van der Waals surface area contributed by atoms with Crippen LogP contribution in [0.1, 0.15) is 18.5 Å². The monoisotopic (exact) mass is 508 g/mol. The van der Waals surface area contributed by atoms with Gasteiger partial charge < -0.3 is 5.32 Å². The van der Waals surface area contributed by atoms with E-state index >= 15 is 0 Å². The maximum Gasteiger partial charge on any atom is 0.281 e. The molecule has 0 bridgehead atoms. The summed E-state index contributed by atoms with van der Waals surface area (Å²) in [5.41, 5.74) is 3.56. The first-order valence-electron chi connectivity index (χ1n) is 11.7. The SMILES string of the molecule is CC(Nc1nccc(-c2[nH]n(-c3nc4ccccc4s3)c(=O)c2-c2ccc(F)cc2)n1)c1ccccc1. The van der Waals surface area contributed by atoms with E-state index in [4.69, 9.17) is 4.98 Å². The van der Waals surface area contributed by atoms with E-state index in [1.807, 2.05) is 61.5 Å². The van der Waals surface area contributed by atoms with Crippen LogP contribution in [0.4, 0.5) is 10.3 Å². The third-order valence-corrected chi connectivity index (χ3v) is 7.08. The number of nitrogens with zero attached hydrogens (tertiary/aromatic N) is 4. The van der Waals surface area contributed by atoms with Crippen LogP contribution >= 0.6 is 11.3 Å². The number of nitrogens with one attached hydrogen (secondary N) is 2. The van der Waals surface area contributed by atoms with E-state index in [-0.39, 0.29) is 17.4 Å². The lowest BCUT2D eigenvalue weighted by molar-refractivity contribution is 0.628. The minimum absolute atomic E-state index is 0.0283. The Labute approximate surface area is 215 Å². The zero-order valence-corrected chi connectivity index (χ0v) is 20.5. The molecular formula is C28H21FN6OS. The highest BCUT2D eigenvalue weighted by molar-refractivity contribution is 7.20. The second-order valence-corrected chi connectivity index (χ2v) is 9.52. The summed E-state index contributed by atoms with van der Waals surface area (Å²) in [5, 5.41) is 7.04. The maximum atomic E-state index is 13.7. The molecule has 3 aromatic heterocycles. The Morgan fingerprint density at radius 3 is 2.49 bits per heavy atom. The molecule has 3 heterocycles. The molecule has 3 aromatic carbocycles. The predicted molar refractivity (Wildman–Crippen MR) is 144 cm³/mol. The van der Waals surface area contributed by atoms with Crippen molar-refractivity contribution in [1.82, 2.24) is 24.7 Å². The summed E-state index contributed by atoms with van der Waals surface area (Å²) in [5.74, 6) is 0.0447. The van der Waals surface area contributed by atoms with Gasteiger partial charge in [0.25, 0.3) is 5.56 Å². The molecule has 9 heteroatoms. The van der Waals surface area contributed by atoms with Crippen molar-refractivity contribution in [3.63, 3.8) is 0 Å². The molecule has 182 valence electrons. The predicted octanol–water partition coefficient (Wildman–Crippen LogP) is 6.21. The fourth-order valence-electron chi connectivity index (χ4n) is 4.18. The number of hydrogen-bond acceptors (Lipinski definition) is 6. The molecule has 37 heavy (non-hydrogen) atoms. The van der Waals surface area contributed by atoms with E-state index in [1.165, 1.54) is 28.2 Å². The zero-order chi connectivity index (χ0) is 25.4. The fourth-order valence-corrected chi connectivity index (χ4v) is 5.11. The molecular weight excluding hydrogens is 487 g/mol. The minimum Gasteiger partial charge on any atom is -0.348 e. The van der Waals surface area contributed by atoms with Gasteiger partial charge in [0, 0.05) is 6.20 Å². The third-order valence-electron chi connectivity index (χ3n) is 6.05. The number of anilines is 1. The number of aromatic nitrogens is 5. The molecule has 0 aliphatic heterocycles. The Hall–Kier alpha value is -4.63. The van der Waals surface area contributed by atoms with Crippen LogP contribution in [-0.4, -0.2) is 24.7 Å². The molecule has 7 nitrogen and oxygen atoms in total. The van der Waals surface area contributed by atoms with Gasteiger partial charge in [-0.15, -0.1) is 0 Å². The molecule has 0 amide bonds. The van der Waals surface area contributed by atoms with Crippen molar-refractivity contribution in [2.24, 2.45) is 0 Å². The highest BCUT2D eigenvalue weighted by Crippen LogP contribution is 2.30. The van der Waals surface area contributed by atoms with Crippen LogP contribution in [0.2, 0.25) is 0 Å². The van der Waals surface area contributed by atoms with Gasteiger partial charge in [-0.3, -0.25) is 9.89 Å². The van der Waals surface area contributed by atoms with E-state index in [0.717, 1.165) is 15.8 Å². The van der Waals surface area contributed by atoms with Gasteiger partial charge in [0.1, 0.15) is 5.82 Å². The maximum absolute atomic E-state index is 13.7. The molecule has 1 unspecified atom stereocenters.